The largest absolute Gasteiger partial charge is 0.504 e. The minimum Gasteiger partial charge on any atom is -0.504 e. The van der Waals surface area contributed by atoms with Gasteiger partial charge in [0.1, 0.15) is 5.75 Å². The molecular weight excluding hydrogens is 220 g/mol. The summed E-state index contributed by atoms with van der Waals surface area (Å²) in [6.45, 7) is 0. The van der Waals surface area contributed by atoms with Crippen molar-refractivity contribution in [3.05, 3.63) is 29.8 Å². The molecule has 1 N–H and O–H groups in total. The van der Waals surface area contributed by atoms with Crippen LogP contribution in [0.15, 0.2) is 24.3 Å². The number of rotatable bonds is 3. The SMILES string of the molecule is COc1cc2cccc(OC)c2c(C=O)c1O. The van der Waals surface area contributed by atoms with Gasteiger partial charge in [-0.2, -0.15) is 0 Å². The van der Waals surface area contributed by atoms with E-state index in [1.807, 2.05) is 12.1 Å². The van der Waals surface area contributed by atoms with Crippen LogP contribution < -0.4 is 9.47 Å². The highest BCUT2D eigenvalue weighted by atomic mass is 16.5. The standard InChI is InChI=1S/C13H12O4/c1-16-10-5-3-4-8-6-11(17-2)13(15)9(7-14)12(8)10/h3-7,15H,1-2H3. The first-order chi connectivity index (χ1) is 8.22. The Kier molecular flexibility index (Phi) is 2.87. The lowest BCUT2D eigenvalue weighted by Gasteiger charge is -2.11. The zero-order valence-electron chi connectivity index (χ0n) is 9.56. The molecule has 0 heterocycles. The Morgan fingerprint density at radius 3 is 2.47 bits per heavy atom. The van der Waals surface area contributed by atoms with Gasteiger partial charge in [-0.05, 0) is 17.5 Å². The number of carbonyl (C=O) groups is 1. The normalized spacial score (nSPS) is 10.2. The third-order valence-corrected chi connectivity index (χ3v) is 2.66. The van der Waals surface area contributed by atoms with E-state index in [-0.39, 0.29) is 17.1 Å². The van der Waals surface area contributed by atoms with Crippen LogP contribution in [-0.2, 0) is 0 Å². The first kappa shape index (κ1) is 11.3. The van der Waals surface area contributed by atoms with Crippen LogP contribution in [0.4, 0.5) is 0 Å². The van der Waals surface area contributed by atoms with Crippen LogP contribution >= 0.6 is 0 Å². The first-order valence-corrected chi connectivity index (χ1v) is 5.04. The summed E-state index contributed by atoms with van der Waals surface area (Å²) in [4.78, 5) is 11.1. The smallest absolute Gasteiger partial charge is 0.169 e. The second-order valence-corrected chi connectivity index (χ2v) is 3.52. The Hall–Kier alpha value is -2.23. The average Bonchev–Trinajstić information content (AvgIpc) is 2.37. The summed E-state index contributed by atoms with van der Waals surface area (Å²) >= 11 is 0. The summed E-state index contributed by atoms with van der Waals surface area (Å²) in [5, 5.41) is 11.3. The molecule has 0 aromatic heterocycles. The third kappa shape index (κ3) is 1.67. The molecule has 0 unspecified atom stereocenters. The lowest BCUT2D eigenvalue weighted by atomic mass is 10.0. The summed E-state index contributed by atoms with van der Waals surface area (Å²) in [5.41, 5.74) is 0.178. The molecule has 17 heavy (non-hydrogen) atoms. The number of fused-ring (bicyclic) bond motifs is 1. The molecule has 0 fully saturated rings. The van der Waals surface area contributed by atoms with E-state index in [1.54, 1.807) is 12.1 Å². The number of methoxy groups -OCH3 is 2. The molecule has 0 aliphatic heterocycles. The molecule has 0 radical (unpaired) electrons. The summed E-state index contributed by atoms with van der Waals surface area (Å²) in [7, 11) is 2.96. The quantitative estimate of drug-likeness (QED) is 0.825. The van der Waals surface area contributed by atoms with Crippen molar-refractivity contribution in [3.8, 4) is 17.2 Å². The number of carbonyl (C=O) groups excluding carboxylic acids is 1. The molecule has 0 aliphatic carbocycles. The molecule has 2 rings (SSSR count). The van der Waals surface area contributed by atoms with Crippen molar-refractivity contribution < 1.29 is 19.4 Å². The Morgan fingerprint density at radius 1 is 1.18 bits per heavy atom. The van der Waals surface area contributed by atoms with Gasteiger partial charge in [0.15, 0.2) is 17.8 Å². The molecule has 4 nitrogen and oxygen atoms in total. The molecule has 0 atom stereocenters. The number of phenols is 1. The van der Waals surface area contributed by atoms with Gasteiger partial charge < -0.3 is 14.6 Å². The van der Waals surface area contributed by atoms with Crippen molar-refractivity contribution in [2.24, 2.45) is 0 Å². The van der Waals surface area contributed by atoms with Crippen LogP contribution in [0.5, 0.6) is 17.2 Å². The molecule has 2 aromatic carbocycles. The van der Waals surface area contributed by atoms with Crippen LogP contribution in [0.1, 0.15) is 10.4 Å². The Bertz CT molecular complexity index is 575. The summed E-state index contributed by atoms with van der Waals surface area (Å²) < 4.78 is 10.2. The monoisotopic (exact) mass is 232 g/mol. The molecule has 0 spiro atoms. The number of hydrogen-bond donors (Lipinski definition) is 1. The highest BCUT2D eigenvalue weighted by Crippen LogP contribution is 2.39. The number of benzene rings is 2. The molecular formula is C13H12O4. The fourth-order valence-corrected chi connectivity index (χ4v) is 1.86. The zero-order chi connectivity index (χ0) is 12.4. The van der Waals surface area contributed by atoms with Crippen molar-refractivity contribution in [2.75, 3.05) is 14.2 Å². The van der Waals surface area contributed by atoms with Gasteiger partial charge in [-0.15, -0.1) is 0 Å². The van der Waals surface area contributed by atoms with Gasteiger partial charge in [0.2, 0.25) is 0 Å². The van der Waals surface area contributed by atoms with E-state index in [1.165, 1.54) is 14.2 Å². The van der Waals surface area contributed by atoms with Gasteiger partial charge >= 0.3 is 0 Å². The van der Waals surface area contributed by atoms with Gasteiger partial charge in [-0.3, -0.25) is 4.79 Å². The second kappa shape index (κ2) is 4.33. The third-order valence-electron chi connectivity index (χ3n) is 2.66. The summed E-state index contributed by atoms with van der Waals surface area (Å²) in [5.74, 6) is 0.648. The van der Waals surface area contributed by atoms with E-state index < -0.39 is 0 Å². The van der Waals surface area contributed by atoms with Crippen molar-refractivity contribution in [1.29, 1.82) is 0 Å². The fourth-order valence-electron chi connectivity index (χ4n) is 1.86. The highest BCUT2D eigenvalue weighted by molar-refractivity contribution is 6.05. The molecule has 0 bridgehead atoms. The predicted octanol–water partition coefficient (Wildman–Crippen LogP) is 2.38. The van der Waals surface area contributed by atoms with Crippen LogP contribution in [0, 0.1) is 0 Å². The Labute approximate surface area is 98.4 Å². The predicted molar refractivity (Wildman–Crippen MR) is 64.1 cm³/mol. The molecule has 4 heteroatoms. The van der Waals surface area contributed by atoms with Gasteiger partial charge in [-0.1, -0.05) is 12.1 Å². The maximum absolute atomic E-state index is 11.1. The van der Waals surface area contributed by atoms with Crippen LogP contribution in [0.3, 0.4) is 0 Å². The average molecular weight is 232 g/mol. The van der Waals surface area contributed by atoms with E-state index in [2.05, 4.69) is 0 Å². The highest BCUT2D eigenvalue weighted by Gasteiger charge is 2.15. The minimum absolute atomic E-state index is 0.167. The number of aldehydes is 1. The number of phenolic OH excluding ortho intramolecular Hbond substituents is 1. The molecule has 0 saturated heterocycles. The van der Waals surface area contributed by atoms with E-state index in [9.17, 15) is 9.90 Å². The van der Waals surface area contributed by atoms with Crippen molar-refractivity contribution >= 4 is 17.1 Å². The van der Waals surface area contributed by atoms with Gasteiger partial charge in [0, 0.05) is 5.39 Å². The molecule has 0 aliphatic rings. The first-order valence-electron chi connectivity index (χ1n) is 5.04. The Morgan fingerprint density at radius 2 is 1.88 bits per heavy atom. The van der Waals surface area contributed by atoms with Gasteiger partial charge in [0.05, 0.1) is 19.8 Å². The van der Waals surface area contributed by atoms with E-state index in [4.69, 9.17) is 9.47 Å². The van der Waals surface area contributed by atoms with Gasteiger partial charge in [-0.25, -0.2) is 0 Å². The minimum atomic E-state index is -0.167. The van der Waals surface area contributed by atoms with Crippen molar-refractivity contribution in [3.63, 3.8) is 0 Å². The van der Waals surface area contributed by atoms with E-state index in [0.29, 0.717) is 17.4 Å². The number of ether oxygens (including phenoxy) is 2. The lowest BCUT2D eigenvalue weighted by Crippen LogP contribution is -1.93. The molecule has 2 aromatic rings. The van der Waals surface area contributed by atoms with Crippen molar-refractivity contribution in [2.45, 2.75) is 0 Å². The lowest BCUT2D eigenvalue weighted by molar-refractivity contribution is 0.112. The zero-order valence-corrected chi connectivity index (χ0v) is 9.56. The van der Waals surface area contributed by atoms with Crippen LogP contribution in [0.2, 0.25) is 0 Å². The number of aromatic hydroxyl groups is 1. The summed E-state index contributed by atoms with van der Waals surface area (Å²) in [6.07, 6.45) is 0.600. The van der Waals surface area contributed by atoms with E-state index >= 15 is 0 Å². The van der Waals surface area contributed by atoms with Crippen LogP contribution in [-0.4, -0.2) is 25.6 Å². The van der Waals surface area contributed by atoms with Crippen molar-refractivity contribution in [1.82, 2.24) is 0 Å². The number of hydrogen-bond acceptors (Lipinski definition) is 4. The second-order valence-electron chi connectivity index (χ2n) is 3.52. The molecule has 0 amide bonds. The molecule has 0 saturated carbocycles. The maximum Gasteiger partial charge on any atom is 0.169 e. The molecule has 88 valence electrons. The van der Waals surface area contributed by atoms with Gasteiger partial charge in [0.25, 0.3) is 0 Å². The maximum atomic E-state index is 11.1. The topological polar surface area (TPSA) is 55.8 Å². The summed E-state index contributed by atoms with van der Waals surface area (Å²) in [6, 6.07) is 7.04. The fraction of sp³-hybridized carbons (Fsp3) is 0.154. The van der Waals surface area contributed by atoms with E-state index in [0.717, 1.165) is 5.39 Å². The van der Waals surface area contributed by atoms with Crippen LogP contribution in [0.25, 0.3) is 10.8 Å². The Balaban J connectivity index is 2.93.